The van der Waals surface area contributed by atoms with Gasteiger partial charge in [-0.1, -0.05) is 48.2 Å². The van der Waals surface area contributed by atoms with Gasteiger partial charge in [0.15, 0.2) is 0 Å². The first kappa shape index (κ1) is 14.5. The summed E-state index contributed by atoms with van der Waals surface area (Å²) in [4.78, 5) is 11.5. The zero-order valence-corrected chi connectivity index (χ0v) is 11.5. The number of anilines is 1. The molecule has 21 heavy (non-hydrogen) atoms. The Kier molecular flexibility index (Phi) is 5.25. The third kappa shape index (κ3) is 5.29. The number of nitrogens with one attached hydrogen (secondary N) is 1. The average molecular weight is 280 g/mol. The molecule has 4 heteroatoms. The molecule has 3 N–H and O–H groups in total. The summed E-state index contributed by atoms with van der Waals surface area (Å²) in [7, 11) is 0. The van der Waals surface area contributed by atoms with Crippen LogP contribution in [0.3, 0.4) is 0 Å². The fourth-order valence-electron chi connectivity index (χ4n) is 1.65. The molecule has 0 fully saturated rings. The van der Waals surface area contributed by atoms with Crippen molar-refractivity contribution in [3.8, 4) is 11.8 Å². The first-order valence-electron chi connectivity index (χ1n) is 6.53. The Labute approximate surface area is 123 Å². The van der Waals surface area contributed by atoms with Crippen LogP contribution < -0.4 is 11.1 Å². The molecule has 0 bridgehead atoms. The van der Waals surface area contributed by atoms with Crippen molar-refractivity contribution in [2.45, 2.75) is 6.61 Å². The number of amides is 1. The predicted molar refractivity (Wildman–Crippen MR) is 82.4 cm³/mol. The number of alkyl carbamates (subject to hydrolysis) is 1. The molecule has 2 aromatic carbocycles. The van der Waals surface area contributed by atoms with Crippen molar-refractivity contribution in [1.29, 1.82) is 0 Å². The minimum atomic E-state index is -0.485. The Balaban J connectivity index is 1.72. The normalized spacial score (nSPS) is 9.33. The lowest BCUT2D eigenvalue weighted by Crippen LogP contribution is -2.24. The van der Waals surface area contributed by atoms with E-state index in [1.165, 1.54) is 0 Å². The molecule has 0 radical (unpaired) electrons. The fourth-order valence-corrected chi connectivity index (χ4v) is 1.65. The maximum atomic E-state index is 11.5. The number of ether oxygens (including phenoxy) is 1. The number of nitrogen functional groups attached to an aromatic ring is 1. The molecule has 0 aliphatic carbocycles. The third-order valence-electron chi connectivity index (χ3n) is 2.65. The average Bonchev–Trinajstić information content (AvgIpc) is 2.51. The van der Waals surface area contributed by atoms with E-state index in [4.69, 9.17) is 10.5 Å². The molecule has 2 aromatic rings. The van der Waals surface area contributed by atoms with Crippen molar-refractivity contribution in [2.75, 3.05) is 12.3 Å². The third-order valence-corrected chi connectivity index (χ3v) is 2.65. The van der Waals surface area contributed by atoms with Crippen LogP contribution in [0.2, 0.25) is 0 Å². The maximum Gasteiger partial charge on any atom is 0.408 e. The van der Waals surface area contributed by atoms with Crippen LogP contribution in [0.4, 0.5) is 10.5 Å². The van der Waals surface area contributed by atoms with Crippen LogP contribution in [0, 0.1) is 11.8 Å². The Morgan fingerprint density at radius 3 is 2.71 bits per heavy atom. The smallest absolute Gasteiger partial charge is 0.408 e. The topological polar surface area (TPSA) is 64.3 Å². The Hall–Kier alpha value is -2.93. The van der Waals surface area contributed by atoms with Gasteiger partial charge >= 0.3 is 6.09 Å². The summed E-state index contributed by atoms with van der Waals surface area (Å²) in [5.74, 6) is 5.75. The van der Waals surface area contributed by atoms with Gasteiger partial charge in [-0.3, -0.25) is 0 Å². The molecule has 0 saturated heterocycles. The molecule has 2 rings (SSSR count). The van der Waals surface area contributed by atoms with Crippen LogP contribution in [0.5, 0.6) is 0 Å². The number of rotatable bonds is 3. The monoisotopic (exact) mass is 280 g/mol. The molecule has 4 nitrogen and oxygen atoms in total. The summed E-state index contributed by atoms with van der Waals surface area (Å²) in [6, 6.07) is 16.8. The van der Waals surface area contributed by atoms with Crippen molar-refractivity contribution in [1.82, 2.24) is 5.32 Å². The molecule has 0 saturated carbocycles. The van der Waals surface area contributed by atoms with E-state index in [1.54, 1.807) is 12.1 Å². The number of nitrogens with two attached hydrogens (primary N) is 1. The summed E-state index contributed by atoms with van der Waals surface area (Å²) < 4.78 is 5.06. The van der Waals surface area contributed by atoms with Crippen molar-refractivity contribution < 1.29 is 9.53 Å². The first-order valence-corrected chi connectivity index (χ1v) is 6.53. The Morgan fingerprint density at radius 1 is 1.14 bits per heavy atom. The SMILES string of the molecule is Nc1cccc(C#CCNC(=O)OCc2ccccc2)c1. The summed E-state index contributed by atoms with van der Waals surface area (Å²) in [6.45, 7) is 0.470. The van der Waals surface area contributed by atoms with Gasteiger partial charge in [-0.05, 0) is 23.8 Å². The lowest BCUT2D eigenvalue weighted by atomic mass is 10.2. The van der Waals surface area contributed by atoms with E-state index in [0.29, 0.717) is 5.69 Å². The number of carbonyl (C=O) groups excluding carboxylic acids is 1. The molecule has 0 atom stereocenters. The zero-order valence-electron chi connectivity index (χ0n) is 11.5. The van der Waals surface area contributed by atoms with E-state index in [0.717, 1.165) is 11.1 Å². The molecule has 0 unspecified atom stereocenters. The van der Waals surface area contributed by atoms with Gasteiger partial charge in [0, 0.05) is 11.3 Å². The standard InChI is InChI=1S/C17H16N2O2/c18-16-10-4-8-14(12-16)9-5-11-19-17(20)21-13-15-6-2-1-3-7-15/h1-4,6-8,10,12H,11,13,18H2,(H,19,20). The van der Waals surface area contributed by atoms with E-state index in [-0.39, 0.29) is 13.2 Å². The van der Waals surface area contributed by atoms with Gasteiger partial charge in [0.1, 0.15) is 6.61 Å². The van der Waals surface area contributed by atoms with Crippen molar-refractivity contribution in [2.24, 2.45) is 0 Å². The van der Waals surface area contributed by atoms with Crippen molar-refractivity contribution in [3.63, 3.8) is 0 Å². The molecule has 106 valence electrons. The minimum Gasteiger partial charge on any atom is -0.445 e. The van der Waals surface area contributed by atoms with Gasteiger partial charge in [0.25, 0.3) is 0 Å². The Morgan fingerprint density at radius 2 is 1.95 bits per heavy atom. The maximum absolute atomic E-state index is 11.5. The van der Waals surface area contributed by atoms with Crippen LogP contribution in [-0.2, 0) is 11.3 Å². The molecule has 0 spiro atoms. The molecule has 0 aliphatic heterocycles. The molecular formula is C17H16N2O2. The van der Waals surface area contributed by atoms with Crippen LogP contribution >= 0.6 is 0 Å². The summed E-state index contributed by atoms with van der Waals surface area (Å²) in [5, 5.41) is 2.57. The van der Waals surface area contributed by atoms with Gasteiger partial charge in [-0.2, -0.15) is 0 Å². The highest BCUT2D eigenvalue weighted by atomic mass is 16.5. The second-order valence-electron chi connectivity index (χ2n) is 4.34. The molecule has 1 amide bonds. The van der Waals surface area contributed by atoms with Gasteiger partial charge in [-0.25, -0.2) is 4.79 Å². The van der Waals surface area contributed by atoms with E-state index < -0.39 is 6.09 Å². The van der Waals surface area contributed by atoms with Gasteiger partial charge < -0.3 is 15.8 Å². The van der Waals surface area contributed by atoms with Gasteiger partial charge in [0.2, 0.25) is 0 Å². The highest BCUT2D eigenvalue weighted by Gasteiger charge is 1.99. The highest BCUT2D eigenvalue weighted by molar-refractivity contribution is 5.67. The quantitative estimate of drug-likeness (QED) is 0.671. The lowest BCUT2D eigenvalue weighted by molar-refractivity contribution is 0.141. The number of carbonyl (C=O) groups is 1. The largest absolute Gasteiger partial charge is 0.445 e. The van der Waals surface area contributed by atoms with Crippen molar-refractivity contribution >= 4 is 11.8 Å². The minimum absolute atomic E-state index is 0.225. The number of benzene rings is 2. The Bertz CT molecular complexity index is 657. The summed E-state index contributed by atoms with van der Waals surface area (Å²) in [6.07, 6.45) is -0.485. The van der Waals surface area contributed by atoms with E-state index >= 15 is 0 Å². The van der Waals surface area contributed by atoms with Crippen LogP contribution in [0.15, 0.2) is 54.6 Å². The van der Waals surface area contributed by atoms with E-state index in [2.05, 4.69) is 17.2 Å². The van der Waals surface area contributed by atoms with Gasteiger partial charge in [-0.15, -0.1) is 0 Å². The van der Waals surface area contributed by atoms with Crippen LogP contribution in [0.1, 0.15) is 11.1 Å². The fraction of sp³-hybridized carbons (Fsp3) is 0.118. The van der Waals surface area contributed by atoms with Crippen LogP contribution in [0.25, 0.3) is 0 Å². The molecule has 0 aliphatic rings. The van der Waals surface area contributed by atoms with Gasteiger partial charge in [0.05, 0.1) is 6.54 Å². The predicted octanol–water partition coefficient (Wildman–Crippen LogP) is 2.55. The zero-order chi connectivity index (χ0) is 14.9. The second-order valence-corrected chi connectivity index (χ2v) is 4.34. The highest BCUT2D eigenvalue weighted by Crippen LogP contribution is 2.04. The molecule has 0 heterocycles. The lowest BCUT2D eigenvalue weighted by Gasteiger charge is -2.04. The first-order chi connectivity index (χ1) is 10.2. The number of hydrogen-bond donors (Lipinski definition) is 2. The van der Waals surface area contributed by atoms with E-state index in [9.17, 15) is 4.79 Å². The number of hydrogen-bond acceptors (Lipinski definition) is 3. The van der Waals surface area contributed by atoms with Crippen LogP contribution in [-0.4, -0.2) is 12.6 Å². The second kappa shape index (κ2) is 7.61. The molecular weight excluding hydrogens is 264 g/mol. The van der Waals surface area contributed by atoms with E-state index in [1.807, 2.05) is 42.5 Å². The summed E-state index contributed by atoms with van der Waals surface area (Å²) in [5.41, 5.74) is 8.07. The van der Waals surface area contributed by atoms with Crippen molar-refractivity contribution in [3.05, 3.63) is 65.7 Å². The molecule has 0 aromatic heterocycles. The summed E-state index contributed by atoms with van der Waals surface area (Å²) >= 11 is 0.